The normalized spacial score (nSPS) is 12.9. The van der Waals surface area contributed by atoms with Gasteiger partial charge in [-0.15, -0.1) is 0 Å². The Labute approximate surface area is 106 Å². The Bertz CT molecular complexity index is 423. The molecule has 0 fully saturated rings. The number of rotatable bonds is 1. The van der Waals surface area contributed by atoms with Gasteiger partial charge in [0.2, 0.25) is 0 Å². The van der Waals surface area contributed by atoms with Gasteiger partial charge in [0.25, 0.3) is 0 Å². The monoisotopic (exact) mass is 370 g/mol. The molecule has 0 aliphatic carbocycles. The van der Waals surface area contributed by atoms with E-state index in [1.807, 2.05) is 0 Å². The maximum atomic E-state index is 12.6. The highest BCUT2D eigenvalue weighted by atomic mass is 127. The van der Waals surface area contributed by atoms with Gasteiger partial charge < -0.3 is 5.11 Å². The quantitative estimate of drug-likeness (QED) is 0.589. The molecule has 1 aromatic carbocycles. The zero-order chi connectivity index (χ0) is 13.4. The van der Waals surface area contributed by atoms with Crippen LogP contribution in [-0.2, 0) is 19.0 Å². The molecule has 0 aliphatic heterocycles. The smallest absolute Gasteiger partial charge is 0.392 e. The third kappa shape index (κ3) is 3.03. The topological polar surface area (TPSA) is 20.2 Å². The van der Waals surface area contributed by atoms with Gasteiger partial charge in [0, 0.05) is 9.13 Å². The summed E-state index contributed by atoms with van der Waals surface area (Å²) >= 11 is 1.44. The molecule has 1 N–H and O–H groups in total. The standard InChI is InChI=1S/C9H5F6IO/c10-8(11,12)5-1-2-6(16)4(3-17)7(5)9(13,14)15/h1-2,17H,3H2. The fraction of sp³-hybridized carbons (Fsp3) is 0.333. The third-order valence-electron chi connectivity index (χ3n) is 2.00. The van der Waals surface area contributed by atoms with Crippen molar-refractivity contribution >= 4 is 22.6 Å². The molecular formula is C9H5F6IO. The highest BCUT2D eigenvalue weighted by Crippen LogP contribution is 2.43. The Morgan fingerprint density at radius 3 is 1.88 bits per heavy atom. The van der Waals surface area contributed by atoms with Gasteiger partial charge in [0.05, 0.1) is 17.7 Å². The number of aliphatic hydroxyl groups excluding tert-OH is 1. The van der Waals surface area contributed by atoms with Gasteiger partial charge in [-0.2, -0.15) is 26.3 Å². The number of benzene rings is 1. The van der Waals surface area contributed by atoms with Crippen LogP contribution < -0.4 is 0 Å². The minimum absolute atomic E-state index is 0.0644. The molecule has 1 nitrogen and oxygen atoms in total. The molecule has 8 heteroatoms. The fourth-order valence-electron chi connectivity index (χ4n) is 1.34. The first-order chi connectivity index (χ1) is 7.59. The lowest BCUT2D eigenvalue weighted by Crippen LogP contribution is -2.20. The third-order valence-corrected chi connectivity index (χ3v) is 3.01. The Kier molecular flexibility index (Phi) is 3.97. The predicted molar refractivity (Wildman–Crippen MR) is 55.1 cm³/mol. The van der Waals surface area contributed by atoms with Crippen molar-refractivity contribution in [2.75, 3.05) is 0 Å². The second kappa shape index (κ2) is 4.63. The molecule has 1 rings (SSSR count). The molecule has 0 atom stereocenters. The molecule has 17 heavy (non-hydrogen) atoms. The predicted octanol–water partition coefficient (Wildman–Crippen LogP) is 3.82. The first kappa shape index (κ1) is 14.6. The van der Waals surface area contributed by atoms with Crippen LogP contribution in [0.4, 0.5) is 26.3 Å². The minimum Gasteiger partial charge on any atom is -0.392 e. The van der Waals surface area contributed by atoms with Crippen LogP contribution in [0.5, 0.6) is 0 Å². The van der Waals surface area contributed by atoms with Crippen molar-refractivity contribution in [1.82, 2.24) is 0 Å². The molecule has 0 bridgehead atoms. The van der Waals surface area contributed by atoms with E-state index in [0.717, 1.165) is 6.07 Å². The van der Waals surface area contributed by atoms with E-state index < -0.39 is 35.6 Å². The summed E-state index contributed by atoms with van der Waals surface area (Å²) in [5.41, 5.74) is -4.36. The van der Waals surface area contributed by atoms with E-state index in [4.69, 9.17) is 5.11 Å². The van der Waals surface area contributed by atoms with Gasteiger partial charge >= 0.3 is 12.4 Å². The van der Waals surface area contributed by atoms with E-state index in [0.29, 0.717) is 6.07 Å². The van der Waals surface area contributed by atoms with E-state index in [1.54, 1.807) is 0 Å². The Morgan fingerprint density at radius 2 is 1.53 bits per heavy atom. The largest absolute Gasteiger partial charge is 0.417 e. The zero-order valence-electron chi connectivity index (χ0n) is 7.95. The van der Waals surface area contributed by atoms with Gasteiger partial charge in [-0.05, 0) is 34.7 Å². The van der Waals surface area contributed by atoms with E-state index in [9.17, 15) is 26.3 Å². The molecule has 0 unspecified atom stereocenters. The summed E-state index contributed by atoms with van der Waals surface area (Å²) in [6, 6.07) is 1.26. The molecule has 0 radical (unpaired) electrons. The highest BCUT2D eigenvalue weighted by molar-refractivity contribution is 14.1. The zero-order valence-corrected chi connectivity index (χ0v) is 10.1. The van der Waals surface area contributed by atoms with Gasteiger partial charge in [-0.1, -0.05) is 0 Å². The summed E-state index contributed by atoms with van der Waals surface area (Å²) in [6.07, 6.45) is -10.3. The first-order valence-corrected chi connectivity index (χ1v) is 5.23. The highest BCUT2D eigenvalue weighted by Gasteiger charge is 2.45. The molecule has 0 amide bonds. The number of alkyl halides is 6. The molecule has 0 saturated heterocycles. The second-order valence-corrected chi connectivity index (χ2v) is 4.26. The van der Waals surface area contributed by atoms with Crippen molar-refractivity contribution < 1.29 is 31.4 Å². The molecule has 96 valence electrons. The number of halogens is 7. The van der Waals surface area contributed by atoms with Crippen molar-refractivity contribution in [3.63, 3.8) is 0 Å². The van der Waals surface area contributed by atoms with Crippen molar-refractivity contribution in [3.8, 4) is 0 Å². The van der Waals surface area contributed by atoms with Crippen LogP contribution in [0.25, 0.3) is 0 Å². The summed E-state index contributed by atoms with van der Waals surface area (Å²) in [6.45, 7) is -1.10. The maximum absolute atomic E-state index is 12.6. The van der Waals surface area contributed by atoms with E-state index in [-0.39, 0.29) is 3.57 Å². The van der Waals surface area contributed by atoms with Crippen LogP contribution in [-0.4, -0.2) is 5.11 Å². The summed E-state index contributed by atoms with van der Waals surface area (Å²) in [5, 5.41) is 8.78. The molecule has 0 aromatic heterocycles. The summed E-state index contributed by atoms with van der Waals surface area (Å²) in [7, 11) is 0. The Balaban J connectivity index is 3.64. The lowest BCUT2D eigenvalue weighted by atomic mass is 10.0. The van der Waals surface area contributed by atoms with Crippen LogP contribution >= 0.6 is 22.6 Å². The molecule has 0 aliphatic rings. The van der Waals surface area contributed by atoms with Crippen LogP contribution in [0.2, 0.25) is 0 Å². The Morgan fingerprint density at radius 1 is 1.00 bits per heavy atom. The first-order valence-electron chi connectivity index (χ1n) is 4.15. The van der Waals surface area contributed by atoms with Crippen LogP contribution in [0.1, 0.15) is 16.7 Å². The van der Waals surface area contributed by atoms with E-state index in [2.05, 4.69) is 0 Å². The van der Waals surface area contributed by atoms with Crippen LogP contribution in [0, 0.1) is 3.57 Å². The maximum Gasteiger partial charge on any atom is 0.417 e. The molecular weight excluding hydrogens is 365 g/mol. The summed E-state index contributed by atoms with van der Waals surface area (Å²) in [4.78, 5) is 0. The molecule has 0 saturated carbocycles. The van der Waals surface area contributed by atoms with Crippen molar-refractivity contribution in [3.05, 3.63) is 32.4 Å². The van der Waals surface area contributed by atoms with Crippen LogP contribution in [0.3, 0.4) is 0 Å². The molecule has 0 spiro atoms. The second-order valence-electron chi connectivity index (χ2n) is 3.10. The fourth-order valence-corrected chi connectivity index (χ4v) is 1.96. The number of hydrogen-bond donors (Lipinski definition) is 1. The van der Waals surface area contributed by atoms with Crippen LogP contribution in [0.15, 0.2) is 12.1 Å². The van der Waals surface area contributed by atoms with Crippen molar-refractivity contribution in [2.24, 2.45) is 0 Å². The van der Waals surface area contributed by atoms with E-state index in [1.165, 1.54) is 22.6 Å². The van der Waals surface area contributed by atoms with Gasteiger partial charge in [-0.25, -0.2) is 0 Å². The molecule has 1 aromatic rings. The minimum atomic E-state index is -5.16. The SMILES string of the molecule is OCc1c(I)ccc(C(F)(F)F)c1C(F)(F)F. The molecule has 0 heterocycles. The van der Waals surface area contributed by atoms with E-state index >= 15 is 0 Å². The average molecular weight is 370 g/mol. The Hall–Kier alpha value is -0.510. The van der Waals surface area contributed by atoms with Crippen molar-refractivity contribution in [1.29, 1.82) is 0 Å². The van der Waals surface area contributed by atoms with Gasteiger partial charge in [0.1, 0.15) is 0 Å². The lowest BCUT2D eigenvalue weighted by Gasteiger charge is -2.19. The number of aliphatic hydroxyl groups is 1. The van der Waals surface area contributed by atoms with Gasteiger partial charge in [-0.3, -0.25) is 0 Å². The lowest BCUT2D eigenvalue weighted by molar-refractivity contribution is -0.162. The van der Waals surface area contributed by atoms with Gasteiger partial charge in [0.15, 0.2) is 0 Å². The summed E-state index contributed by atoms with van der Waals surface area (Å²) < 4.78 is 75.0. The van der Waals surface area contributed by atoms with Crippen molar-refractivity contribution in [2.45, 2.75) is 19.0 Å². The number of hydrogen-bond acceptors (Lipinski definition) is 1. The summed E-state index contributed by atoms with van der Waals surface area (Å²) in [5.74, 6) is 0. The average Bonchev–Trinajstić information content (AvgIpc) is 2.13.